The van der Waals surface area contributed by atoms with Crippen LogP contribution in [-0.2, 0) is 13.1 Å². The lowest BCUT2D eigenvalue weighted by atomic mass is 10.0. The summed E-state index contributed by atoms with van der Waals surface area (Å²) in [6.45, 7) is 5.46. The van der Waals surface area contributed by atoms with E-state index in [0.29, 0.717) is 12.1 Å². The third kappa shape index (κ3) is 5.98. The molecular formula is C21H33IN4. The fraction of sp³-hybridized carbons (Fsp3) is 0.571. The minimum Gasteiger partial charge on any atom is -0.353 e. The molecule has 3 rings (SSSR count). The van der Waals surface area contributed by atoms with Gasteiger partial charge in [-0.25, -0.2) is 0 Å². The Morgan fingerprint density at radius 3 is 2.58 bits per heavy atom. The summed E-state index contributed by atoms with van der Waals surface area (Å²) >= 11 is 0. The van der Waals surface area contributed by atoms with Crippen molar-refractivity contribution in [2.45, 2.75) is 64.2 Å². The highest BCUT2D eigenvalue weighted by atomic mass is 127. The second-order valence-electron chi connectivity index (χ2n) is 7.29. The minimum absolute atomic E-state index is 0. The number of halogens is 1. The van der Waals surface area contributed by atoms with Gasteiger partial charge in [0, 0.05) is 32.2 Å². The molecular weight excluding hydrogens is 435 g/mol. The molecule has 0 aromatic heterocycles. The number of nitrogens with one attached hydrogen (secondary N) is 2. The molecule has 1 aromatic carbocycles. The van der Waals surface area contributed by atoms with Crippen molar-refractivity contribution in [3.05, 3.63) is 47.5 Å². The summed E-state index contributed by atoms with van der Waals surface area (Å²) in [4.78, 5) is 7.00. The predicted octanol–water partition coefficient (Wildman–Crippen LogP) is 4.06. The van der Waals surface area contributed by atoms with Crippen molar-refractivity contribution < 1.29 is 0 Å². The first-order valence-corrected chi connectivity index (χ1v) is 9.69. The van der Waals surface area contributed by atoms with Gasteiger partial charge < -0.3 is 10.6 Å². The number of hydrogen-bond acceptors (Lipinski definition) is 2. The zero-order valence-corrected chi connectivity index (χ0v) is 18.4. The lowest BCUT2D eigenvalue weighted by Crippen LogP contribution is -2.42. The van der Waals surface area contributed by atoms with E-state index in [-0.39, 0.29) is 24.0 Å². The summed E-state index contributed by atoms with van der Waals surface area (Å²) in [5.41, 5.74) is 2.80. The Morgan fingerprint density at radius 2 is 1.88 bits per heavy atom. The van der Waals surface area contributed by atoms with Crippen LogP contribution in [0.25, 0.3) is 0 Å². The number of rotatable bonds is 5. The van der Waals surface area contributed by atoms with Crippen LogP contribution in [0.15, 0.2) is 41.4 Å². The van der Waals surface area contributed by atoms with Gasteiger partial charge in [-0.2, -0.15) is 0 Å². The lowest BCUT2D eigenvalue weighted by Gasteiger charge is -2.33. The zero-order valence-electron chi connectivity index (χ0n) is 16.1. The molecule has 1 aliphatic carbocycles. The Morgan fingerprint density at radius 1 is 1.15 bits per heavy atom. The average molecular weight is 468 g/mol. The highest BCUT2D eigenvalue weighted by Gasteiger charge is 2.19. The van der Waals surface area contributed by atoms with Crippen LogP contribution in [0, 0.1) is 0 Å². The Bertz CT molecular complexity index is 606. The lowest BCUT2D eigenvalue weighted by molar-refractivity contribution is 0.152. The van der Waals surface area contributed by atoms with Gasteiger partial charge in [-0.3, -0.25) is 9.89 Å². The summed E-state index contributed by atoms with van der Waals surface area (Å²) in [6.07, 6.45) is 10.7. The van der Waals surface area contributed by atoms with Gasteiger partial charge in [0.05, 0.1) is 0 Å². The molecule has 0 spiro atoms. The SMILES string of the molecule is CN=C(NCc1ccccc1CN1CCCCC1C)NC1CC=CC1.I. The number of piperidine rings is 1. The predicted molar refractivity (Wildman–Crippen MR) is 121 cm³/mol. The van der Waals surface area contributed by atoms with Crippen molar-refractivity contribution in [3.8, 4) is 0 Å². The first-order chi connectivity index (χ1) is 12.3. The third-order valence-corrected chi connectivity index (χ3v) is 5.45. The summed E-state index contributed by atoms with van der Waals surface area (Å²) < 4.78 is 0. The first kappa shape index (κ1) is 21.2. The highest BCUT2D eigenvalue weighted by molar-refractivity contribution is 14.0. The maximum absolute atomic E-state index is 4.38. The van der Waals surface area contributed by atoms with Gasteiger partial charge in [-0.1, -0.05) is 42.8 Å². The van der Waals surface area contributed by atoms with Gasteiger partial charge in [0.1, 0.15) is 0 Å². The fourth-order valence-corrected chi connectivity index (χ4v) is 3.80. The second-order valence-corrected chi connectivity index (χ2v) is 7.29. The van der Waals surface area contributed by atoms with E-state index in [4.69, 9.17) is 0 Å². The maximum Gasteiger partial charge on any atom is 0.191 e. The molecule has 144 valence electrons. The van der Waals surface area contributed by atoms with Crippen LogP contribution in [0.4, 0.5) is 0 Å². The van der Waals surface area contributed by atoms with E-state index in [2.05, 4.69) is 63.9 Å². The van der Waals surface area contributed by atoms with Crippen LogP contribution >= 0.6 is 24.0 Å². The van der Waals surface area contributed by atoms with Crippen LogP contribution in [0.3, 0.4) is 0 Å². The monoisotopic (exact) mass is 468 g/mol. The molecule has 0 amide bonds. The summed E-state index contributed by atoms with van der Waals surface area (Å²) in [5.74, 6) is 0.898. The molecule has 1 unspecified atom stereocenters. The Labute approximate surface area is 175 Å². The van der Waals surface area contributed by atoms with Gasteiger partial charge in [-0.05, 0) is 50.3 Å². The second kappa shape index (κ2) is 10.9. The van der Waals surface area contributed by atoms with E-state index in [0.717, 1.165) is 31.9 Å². The molecule has 0 saturated carbocycles. The molecule has 1 fully saturated rings. The Kier molecular flexibility index (Phi) is 8.91. The van der Waals surface area contributed by atoms with Crippen LogP contribution in [0.2, 0.25) is 0 Å². The minimum atomic E-state index is 0. The molecule has 2 N–H and O–H groups in total. The van der Waals surface area contributed by atoms with Crippen LogP contribution < -0.4 is 10.6 Å². The van der Waals surface area contributed by atoms with E-state index >= 15 is 0 Å². The molecule has 2 aliphatic rings. The van der Waals surface area contributed by atoms with E-state index in [1.165, 1.54) is 36.9 Å². The van der Waals surface area contributed by atoms with E-state index < -0.39 is 0 Å². The maximum atomic E-state index is 4.38. The van der Waals surface area contributed by atoms with Crippen molar-refractivity contribution in [2.24, 2.45) is 4.99 Å². The number of nitrogens with zero attached hydrogens (tertiary/aromatic N) is 2. The number of aliphatic imine (C=N–C) groups is 1. The molecule has 1 saturated heterocycles. The normalized spacial score (nSPS) is 21.5. The Hall–Kier alpha value is -1.08. The topological polar surface area (TPSA) is 39.7 Å². The molecule has 26 heavy (non-hydrogen) atoms. The summed E-state index contributed by atoms with van der Waals surface area (Å²) in [5, 5.41) is 7.00. The number of benzene rings is 1. The van der Waals surface area contributed by atoms with Crippen LogP contribution in [-0.4, -0.2) is 36.5 Å². The zero-order chi connectivity index (χ0) is 17.5. The fourth-order valence-electron chi connectivity index (χ4n) is 3.80. The summed E-state index contributed by atoms with van der Waals surface area (Å²) in [7, 11) is 1.85. The van der Waals surface area contributed by atoms with Crippen molar-refractivity contribution >= 4 is 29.9 Å². The smallest absolute Gasteiger partial charge is 0.191 e. The van der Waals surface area contributed by atoms with Gasteiger partial charge in [0.15, 0.2) is 5.96 Å². The molecule has 5 heteroatoms. The molecule has 4 nitrogen and oxygen atoms in total. The number of hydrogen-bond donors (Lipinski definition) is 2. The standard InChI is InChI=1S/C21H32N4.HI/c1-17-9-7-8-14-25(17)16-19-11-4-3-10-18(19)15-23-21(22-2)24-20-12-5-6-13-20;/h3-6,10-11,17,20H,7-9,12-16H2,1-2H3,(H2,22,23,24);1H. The molecule has 1 aliphatic heterocycles. The molecule has 0 bridgehead atoms. The van der Waals surface area contributed by atoms with E-state index in [1.54, 1.807) is 0 Å². The third-order valence-electron chi connectivity index (χ3n) is 5.45. The number of guanidine groups is 1. The van der Waals surface area contributed by atoms with Crippen LogP contribution in [0.5, 0.6) is 0 Å². The average Bonchev–Trinajstić information content (AvgIpc) is 3.14. The van der Waals surface area contributed by atoms with Crippen molar-refractivity contribution in [3.63, 3.8) is 0 Å². The van der Waals surface area contributed by atoms with Crippen LogP contribution in [0.1, 0.15) is 50.2 Å². The molecule has 1 aromatic rings. The molecule has 0 radical (unpaired) electrons. The van der Waals surface area contributed by atoms with Crippen molar-refractivity contribution in [1.82, 2.24) is 15.5 Å². The quantitative estimate of drug-likeness (QED) is 0.296. The summed E-state index contributed by atoms with van der Waals surface area (Å²) in [6, 6.07) is 9.98. The van der Waals surface area contributed by atoms with E-state index in [9.17, 15) is 0 Å². The van der Waals surface area contributed by atoms with Gasteiger partial charge in [0.2, 0.25) is 0 Å². The molecule has 1 atom stereocenters. The van der Waals surface area contributed by atoms with Gasteiger partial charge in [0.25, 0.3) is 0 Å². The van der Waals surface area contributed by atoms with Gasteiger partial charge in [-0.15, -0.1) is 24.0 Å². The number of likely N-dealkylation sites (tertiary alicyclic amines) is 1. The first-order valence-electron chi connectivity index (χ1n) is 9.69. The van der Waals surface area contributed by atoms with Crippen molar-refractivity contribution in [1.29, 1.82) is 0 Å². The highest BCUT2D eigenvalue weighted by Crippen LogP contribution is 2.20. The largest absolute Gasteiger partial charge is 0.353 e. The Balaban J connectivity index is 0.00000243. The van der Waals surface area contributed by atoms with Gasteiger partial charge >= 0.3 is 0 Å². The van der Waals surface area contributed by atoms with E-state index in [1.807, 2.05) is 7.05 Å². The van der Waals surface area contributed by atoms with Crippen molar-refractivity contribution in [2.75, 3.05) is 13.6 Å². The molecule has 1 heterocycles.